The van der Waals surface area contributed by atoms with Crippen LogP contribution in [0.5, 0.6) is 0 Å². The molecule has 1 aliphatic carbocycles. The predicted molar refractivity (Wildman–Crippen MR) is 97.6 cm³/mol. The van der Waals surface area contributed by atoms with Crippen molar-refractivity contribution >= 4 is 10.8 Å². The van der Waals surface area contributed by atoms with E-state index in [-0.39, 0.29) is 0 Å². The van der Waals surface area contributed by atoms with E-state index in [1.165, 1.54) is 44.2 Å². The fourth-order valence-electron chi connectivity index (χ4n) is 3.79. The second-order valence-corrected chi connectivity index (χ2v) is 6.23. The summed E-state index contributed by atoms with van der Waals surface area (Å²) in [6.07, 6.45) is 1.05. The summed E-state index contributed by atoms with van der Waals surface area (Å²) in [5.74, 6) is 0. The number of hydrogen-bond acceptors (Lipinski definition) is 0. The molecule has 0 N–H and O–H groups in total. The van der Waals surface area contributed by atoms with Crippen molar-refractivity contribution in [3.05, 3.63) is 96.1 Å². The Bertz CT molecular complexity index is 1040. The topological polar surface area (TPSA) is 0 Å². The summed E-state index contributed by atoms with van der Waals surface area (Å²) in [5, 5.41) is 2.62. The lowest BCUT2D eigenvalue weighted by Gasteiger charge is -2.09. The van der Waals surface area contributed by atoms with E-state index in [4.69, 9.17) is 0 Å². The summed E-state index contributed by atoms with van der Waals surface area (Å²) in [5.41, 5.74) is 8.31. The van der Waals surface area contributed by atoms with Crippen molar-refractivity contribution in [3.63, 3.8) is 0 Å². The maximum atomic E-state index is 2.37. The Balaban J connectivity index is 1.70. The molecule has 0 radical (unpaired) electrons. The number of benzene rings is 4. The SMILES string of the molecule is c1ccc2c(c1)Cc1cc(-c3cccc4ccccc34)ccc1-2. The van der Waals surface area contributed by atoms with E-state index in [1.807, 2.05) is 0 Å². The Kier molecular flexibility index (Phi) is 2.65. The van der Waals surface area contributed by atoms with Crippen LogP contribution in [0.4, 0.5) is 0 Å². The molecule has 0 aliphatic heterocycles. The van der Waals surface area contributed by atoms with Crippen molar-refractivity contribution in [2.75, 3.05) is 0 Å². The van der Waals surface area contributed by atoms with Crippen LogP contribution in [-0.2, 0) is 6.42 Å². The third kappa shape index (κ3) is 1.92. The highest BCUT2D eigenvalue weighted by atomic mass is 14.2. The largest absolute Gasteiger partial charge is 0.0619 e. The number of hydrogen-bond donors (Lipinski definition) is 0. The lowest BCUT2D eigenvalue weighted by Crippen LogP contribution is -1.85. The minimum absolute atomic E-state index is 1.05. The first kappa shape index (κ1) is 12.7. The predicted octanol–water partition coefficient (Wildman–Crippen LogP) is 6.08. The summed E-state index contributed by atoms with van der Waals surface area (Å²) in [6.45, 7) is 0. The lowest BCUT2D eigenvalue weighted by atomic mass is 9.95. The van der Waals surface area contributed by atoms with Crippen molar-refractivity contribution in [1.82, 2.24) is 0 Å². The third-order valence-electron chi connectivity index (χ3n) is 4.89. The van der Waals surface area contributed by atoms with Crippen LogP contribution in [0.2, 0.25) is 0 Å². The molecule has 4 aromatic carbocycles. The highest BCUT2D eigenvalue weighted by Crippen LogP contribution is 2.39. The molecule has 0 heterocycles. The molecule has 0 amide bonds. The van der Waals surface area contributed by atoms with Gasteiger partial charge in [0, 0.05) is 0 Å². The van der Waals surface area contributed by atoms with Crippen LogP contribution in [0.3, 0.4) is 0 Å². The van der Waals surface area contributed by atoms with Gasteiger partial charge in [-0.15, -0.1) is 0 Å². The fraction of sp³-hybridized carbons (Fsp3) is 0.0435. The van der Waals surface area contributed by atoms with Gasteiger partial charge in [0.05, 0.1) is 0 Å². The third-order valence-corrected chi connectivity index (χ3v) is 4.89. The average Bonchev–Trinajstić information content (AvgIpc) is 2.99. The molecule has 0 fully saturated rings. The summed E-state index contributed by atoms with van der Waals surface area (Å²) in [4.78, 5) is 0. The summed E-state index contributed by atoms with van der Waals surface area (Å²) in [6, 6.07) is 30.9. The number of rotatable bonds is 1. The van der Waals surface area contributed by atoms with Crippen LogP contribution < -0.4 is 0 Å². The van der Waals surface area contributed by atoms with Gasteiger partial charge < -0.3 is 0 Å². The Labute approximate surface area is 136 Å². The Morgan fingerprint density at radius 2 is 1.26 bits per heavy atom. The maximum absolute atomic E-state index is 2.37. The zero-order chi connectivity index (χ0) is 15.2. The monoisotopic (exact) mass is 292 g/mol. The molecule has 0 bridgehead atoms. The van der Waals surface area contributed by atoms with Crippen LogP contribution in [0.15, 0.2) is 84.9 Å². The molecule has 0 unspecified atom stereocenters. The van der Waals surface area contributed by atoms with Crippen molar-refractivity contribution < 1.29 is 0 Å². The summed E-state index contributed by atoms with van der Waals surface area (Å²) >= 11 is 0. The van der Waals surface area contributed by atoms with E-state index in [2.05, 4.69) is 84.9 Å². The first-order chi connectivity index (χ1) is 11.4. The van der Waals surface area contributed by atoms with Gasteiger partial charge in [-0.3, -0.25) is 0 Å². The molecule has 0 atom stereocenters. The molecule has 0 heteroatoms. The summed E-state index contributed by atoms with van der Waals surface area (Å²) < 4.78 is 0. The van der Waals surface area contributed by atoms with Gasteiger partial charge in [-0.05, 0) is 50.6 Å². The van der Waals surface area contributed by atoms with Gasteiger partial charge >= 0.3 is 0 Å². The first-order valence-corrected chi connectivity index (χ1v) is 8.09. The van der Waals surface area contributed by atoms with Crippen molar-refractivity contribution in [3.8, 4) is 22.3 Å². The lowest BCUT2D eigenvalue weighted by molar-refractivity contribution is 1.26. The molecule has 5 rings (SSSR count). The van der Waals surface area contributed by atoms with Crippen molar-refractivity contribution in [1.29, 1.82) is 0 Å². The Hall–Kier alpha value is -2.86. The molecule has 108 valence electrons. The van der Waals surface area contributed by atoms with Crippen LogP contribution in [0.25, 0.3) is 33.0 Å². The standard InChI is InChI=1S/C23H16/c1-3-9-20-16(6-1)8-5-11-22(20)18-12-13-23-19(15-18)14-17-7-2-4-10-21(17)23/h1-13,15H,14H2. The quantitative estimate of drug-likeness (QED) is 0.351. The van der Waals surface area contributed by atoms with E-state index < -0.39 is 0 Å². The molecule has 23 heavy (non-hydrogen) atoms. The van der Waals surface area contributed by atoms with E-state index in [9.17, 15) is 0 Å². The van der Waals surface area contributed by atoms with Gasteiger partial charge in [-0.1, -0.05) is 84.9 Å². The molecule has 4 aromatic rings. The van der Waals surface area contributed by atoms with Gasteiger partial charge in [-0.25, -0.2) is 0 Å². The minimum Gasteiger partial charge on any atom is -0.0619 e. The van der Waals surface area contributed by atoms with Crippen molar-refractivity contribution in [2.45, 2.75) is 6.42 Å². The second kappa shape index (κ2) is 4.82. The van der Waals surface area contributed by atoms with Crippen molar-refractivity contribution in [2.24, 2.45) is 0 Å². The maximum Gasteiger partial charge on any atom is -0.00132 e. The van der Waals surface area contributed by atoms with E-state index in [0.29, 0.717) is 0 Å². The average molecular weight is 292 g/mol. The number of fused-ring (bicyclic) bond motifs is 4. The first-order valence-electron chi connectivity index (χ1n) is 8.09. The second-order valence-electron chi connectivity index (χ2n) is 6.23. The molecule has 0 saturated heterocycles. The smallest absolute Gasteiger partial charge is 0.00132 e. The molecule has 1 aliphatic rings. The zero-order valence-electron chi connectivity index (χ0n) is 12.8. The Morgan fingerprint density at radius 3 is 2.26 bits per heavy atom. The molecule has 0 spiro atoms. The van der Waals surface area contributed by atoms with Gasteiger partial charge in [0.25, 0.3) is 0 Å². The van der Waals surface area contributed by atoms with E-state index in [1.54, 1.807) is 0 Å². The molecule has 0 aromatic heterocycles. The highest BCUT2D eigenvalue weighted by molar-refractivity contribution is 5.97. The van der Waals surface area contributed by atoms with E-state index in [0.717, 1.165) is 6.42 Å². The van der Waals surface area contributed by atoms with Crippen LogP contribution in [0, 0.1) is 0 Å². The molecule has 0 saturated carbocycles. The fourth-order valence-corrected chi connectivity index (χ4v) is 3.79. The normalized spacial score (nSPS) is 12.2. The van der Waals surface area contributed by atoms with Crippen LogP contribution in [0.1, 0.15) is 11.1 Å². The van der Waals surface area contributed by atoms with E-state index >= 15 is 0 Å². The van der Waals surface area contributed by atoms with Gasteiger partial charge in [-0.2, -0.15) is 0 Å². The van der Waals surface area contributed by atoms with Gasteiger partial charge in [0.2, 0.25) is 0 Å². The zero-order valence-corrected chi connectivity index (χ0v) is 12.8. The van der Waals surface area contributed by atoms with Crippen LogP contribution >= 0.6 is 0 Å². The Morgan fingerprint density at radius 1 is 0.522 bits per heavy atom. The minimum atomic E-state index is 1.05. The van der Waals surface area contributed by atoms with Crippen LogP contribution in [-0.4, -0.2) is 0 Å². The van der Waals surface area contributed by atoms with Gasteiger partial charge in [0.15, 0.2) is 0 Å². The molecular weight excluding hydrogens is 276 g/mol. The highest BCUT2D eigenvalue weighted by Gasteiger charge is 2.18. The molecular formula is C23H16. The summed E-state index contributed by atoms with van der Waals surface area (Å²) in [7, 11) is 0. The molecule has 0 nitrogen and oxygen atoms in total. The van der Waals surface area contributed by atoms with Gasteiger partial charge in [0.1, 0.15) is 0 Å².